The van der Waals surface area contributed by atoms with E-state index in [1.54, 1.807) is 6.07 Å². The minimum absolute atomic E-state index is 0.0272. The highest BCUT2D eigenvalue weighted by molar-refractivity contribution is 9.10. The van der Waals surface area contributed by atoms with Crippen molar-refractivity contribution in [3.05, 3.63) is 34.3 Å². The van der Waals surface area contributed by atoms with E-state index >= 15 is 0 Å². The molecule has 1 rings (SSSR count). The number of aliphatic hydroxyl groups is 1. The van der Waals surface area contributed by atoms with Gasteiger partial charge in [-0.3, -0.25) is 0 Å². The van der Waals surface area contributed by atoms with Crippen LogP contribution in [0.4, 0.5) is 0 Å². The number of rotatable bonds is 7. The molecule has 0 aliphatic rings. The van der Waals surface area contributed by atoms with Crippen LogP contribution in [0.1, 0.15) is 25.8 Å². The van der Waals surface area contributed by atoms with E-state index in [2.05, 4.69) is 22.5 Å². The van der Waals surface area contributed by atoms with Crippen molar-refractivity contribution in [3.63, 3.8) is 0 Å². The molecule has 0 spiro atoms. The van der Waals surface area contributed by atoms with Crippen molar-refractivity contribution in [2.75, 3.05) is 13.2 Å². The van der Waals surface area contributed by atoms with Gasteiger partial charge < -0.3 is 14.6 Å². The Morgan fingerprint density at radius 3 is 2.61 bits per heavy atom. The van der Waals surface area contributed by atoms with Crippen molar-refractivity contribution in [2.45, 2.75) is 26.9 Å². The molecule has 0 saturated heterocycles. The summed E-state index contributed by atoms with van der Waals surface area (Å²) >= 11 is 3.44. The predicted octanol–water partition coefficient (Wildman–Crippen LogP) is 3.69. The second-order valence-electron chi connectivity index (χ2n) is 3.89. The number of hydrogen-bond donors (Lipinski definition) is 1. The van der Waals surface area contributed by atoms with Gasteiger partial charge in [-0.25, -0.2) is 0 Å². The van der Waals surface area contributed by atoms with Crippen molar-refractivity contribution >= 4 is 15.9 Å². The molecule has 0 aliphatic carbocycles. The molecule has 18 heavy (non-hydrogen) atoms. The molecule has 0 unspecified atom stereocenters. The SMILES string of the molecule is C=C(CC)COc1c(Br)cc(CO)cc1OCC. The summed E-state index contributed by atoms with van der Waals surface area (Å²) in [7, 11) is 0. The van der Waals surface area contributed by atoms with Gasteiger partial charge >= 0.3 is 0 Å². The van der Waals surface area contributed by atoms with E-state index in [9.17, 15) is 5.11 Å². The molecule has 100 valence electrons. The first kappa shape index (κ1) is 15.1. The molecule has 0 aliphatic heterocycles. The van der Waals surface area contributed by atoms with Crippen molar-refractivity contribution in [3.8, 4) is 11.5 Å². The third-order valence-corrected chi connectivity index (χ3v) is 3.06. The molecule has 4 heteroatoms. The monoisotopic (exact) mass is 314 g/mol. The van der Waals surface area contributed by atoms with Crippen LogP contribution in [0, 0.1) is 0 Å². The molecule has 0 fully saturated rings. The van der Waals surface area contributed by atoms with E-state index in [0.29, 0.717) is 24.7 Å². The second kappa shape index (κ2) is 7.44. The van der Waals surface area contributed by atoms with Gasteiger partial charge in [-0.1, -0.05) is 13.5 Å². The number of halogens is 1. The molecule has 0 heterocycles. The summed E-state index contributed by atoms with van der Waals surface area (Å²) in [6.45, 7) is 8.84. The zero-order valence-electron chi connectivity index (χ0n) is 10.8. The Bertz CT molecular complexity index is 416. The van der Waals surface area contributed by atoms with Gasteiger partial charge in [0.15, 0.2) is 11.5 Å². The summed E-state index contributed by atoms with van der Waals surface area (Å²) in [5.74, 6) is 1.29. The van der Waals surface area contributed by atoms with Crippen molar-refractivity contribution < 1.29 is 14.6 Å². The van der Waals surface area contributed by atoms with Gasteiger partial charge in [0.2, 0.25) is 0 Å². The Labute approximate surface area is 117 Å². The third-order valence-electron chi connectivity index (χ3n) is 2.47. The fourth-order valence-electron chi connectivity index (χ4n) is 1.39. The minimum atomic E-state index is -0.0272. The Morgan fingerprint density at radius 1 is 1.33 bits per heavy atom. The lowest BCUT2D eigenvalue weighted by atomic mass is 10.2. The third kappa shape index (κ3) is 4.03. The van der Waals surface area contributed by atoms with Crippen LogP contribution in [0.5, 0.6) is 11.5 Å². The van der Waals surface area contributed by atoms with Crippen molar-refractivity contribution in [2.24, 2.45) is 0 Å². The summed E-state index contributed by atoms with van der Waals surface area (Å²) in [4.78, 5) is 0. The molecule has 0 atom stereocenters. The van der Waals surface area contributed by atoms with Gasteiger partial charge in [0.25, 0.3) is 0 Å². The lowest BCUT2D eigenvalue weighted by Crippen LogP contribution is -2.04. The maximum atomic E-state index is 9.17. The molecule has 0 radical (unpaired) electrons. The quantitative estimate of drug-likeness (QED) is 0.780. The van der Waals surface area contributed by atoms with E-state index < -0.39 is 0 Å². The topological polar surface area (TPSA) is 38.7 Å². The van der Waals surface area contributed by atoms with Gasteiger partial charge in [-0.05, 0) is 52.5 Å². The van der Waals surface area contributed by atoms with Gasteiger partial charge in [-0.15, -0.1) is 0 Å². The average molecular weight is 315 g/mol. The second-order valence-corrected chi connectivity index (χ2v) is 4.74. The molecule has 1 N–H and O–H groups in total. The van der Waals surface area contributed by atoms with Crippen LogP contribution in [0.25, 0.3) is 0 Å². The zero-order chi connectivity index (χ0) is 13.5. The molecular formula is C14H19BrO3. The van der Waals surface area contributed by atoms with E-state index in [1.165, 1.54) is 0 Å². The highest BCUT2D eigenvalue weighted by Crippen LogP contribution is 2.37. The van der Waals surface area contributed by atoms with E-state index in [1.807, 2.05) is 19.9 Å². The number of ether oxygens (including phenoxy) is 2. The summed E-state index contributed by atoms with van der Waals surface area (Å²) in [6.07, 6.45) is 0.885. The smallest absolute Gasteiger partial charge is 0.175 e. The summed E-state index contributed by atoms with van der Waals surface area (Å²) in [6, 6.07) is 3.62. The number of hydrogen-bond acceptors (Lipinski definition) is 3. The Hall–Kier alpha value is -1.00. The Morgan fingerprint density at radius 2 is 2.06 bits per heavy atom. The van der Waals surface area contributed by atoms with Gasteiger partial charge in [0.1, 0.15) is 6.61 Å². The van der Waals surface area contributed by atoms with Crippen LogP contribution in [-0.4, -0.2) is 18.3 Å². The molecule has 1 aromatic rings. The molecular weight excluding hydrogens is 296 g/mol. The summed E-state index contributed by atoms with van der Waals surface area (Å²) < 4.78 is 12.0. The van der Waals surface area contributed by atoms with E-state index in [4.69, 9.17) is 9.47 Å². The molecule has 0 saturated carbocycles. The van der Waals surface area contributed by atoms with Crippen LogP contribution in [0.2, 0.25) is 0 Å². The highest BCUT2D eigenvalue weighted by atomic mass is 79.9. The number of aliphatic hydroxyl groups excluding tert-OH is 1. The summed E-state index contributed by atoms with van der Waals surface area (Å²) in [5.41, 5.74) is 1.81. The fraction of sp³-hybridized carbons (Fsp3) is 0.429. The van der Waals surface area contributed by atoms with Crippen LogP contribution in [-0.2, 0) is 6.61 Å². The highest BCUT2D eigenvalue weighted by Gasteiger charge is 2.12. The first-order chi connectivity index (χ1) is 8.62. The Kier molecular flexibility index (Phi) is 6.22. The minimum Gasteiger partial charge on any atom is -0.490 e. The maximum Gasteiger partial charge on any atom is 0.175 e. The van der Waals surface area contributed by atoms with Gasteiger partial charge in [-0.2, -0.15) is 0 Å². The lowest BCUT2D eigenvalue weighted by molar-refractivity contribution is 0.274. The molecule has 0 bridgehead atoms. The van der Waals surface area contributed by atoms with Gasteiger partial charge in [0, 0.05) is 0 Å². The molecule has 1 aromatic carbocycles. The Balaban J connectivity index is 2.96. The average Bonchev–Trinajstić information content (AvgIpc) is 2.37. The lowest BCUT2D eigenvalue weighted by Gasteiger charge is -2.15. The normalized spacial score (nSPS) is 10.2. The van der Waals surface area contributed by atoms with Crippen molar-refractivity contribution in [1.29, 1.82) is 0 Å². The first-order valence-electron chi connectivity index (χ1n) is 5.97. The fourth-order valence-corrected chi connectivity index (χ4v) is 2.00. The number of benzene rings is 1. The van der Waals surface area contributed by atoms with Crippen LogP contribution >= 0.6 is 15.9 Å². The van der Waals surface area contributed by atoms with E-state index in [-0.39, 0.29) is 6.61 Å². The molecule has 3 nitrogen and oxygen atoms in total. The largest absolute Gasteiger partial charge is 0.490 e. The van der Waals surface area contributed by atoms with Crippen LogP contribution in [0.3, 0.4) is 0 Å². The van der Waals surface area contributed by atoms with Crippen molar-refractivity contribution in [1.82, 2.24) is 0 Å². The van der Waals surface area contributed by atoms with E-state index in [0.717, 1.165) is 22.0 Å². The zero-order valence-corrected chi connectivity index (χ0v) is 12.4. The van der Waals surface area contributed by atoms with Crippen LogP contribution in [0.15, 0.2) is 28.8 Å². The molecule has 0 amide bonds. The molecule has 0 aromatic heterocycles. The standard InChI is InChI=1S/C14H19BrO3/c1-4-10(3)9-18-14-12(15)6-11(8-16)7-13(14)17-5-2/h6-7,16H,3-5,8-9H2,1-2H3. The van der Waals surface area contributed by atoms with Gasteiger partial charge in [0.05, 0.1) is 17.7 Å². The maximum absolute atomic E-state index is 9.17. The first-order valence-corrected chi connectivity index (χ1v) is 6.77. The summed E-state index contributed by atoms with van der Waals surface area (Å²) in [5, 5.41) is 9.17. The predicted molar refractivity (Wildman–Crippen MR) is 76.2 cm³/mol. The van der Waals surface area contributed by atoms with Crippen LogP contribution < -0.4 is 9.47 Å².